The van der Waals surface area contributed by atoms with Crippen LogP contribution in [-0.4, -0.2) is 58.8 Å². The molecule has 0 rings (SSSR count). The van der Waals surface area contributed by atoms with Gasteiger partial charge in [0.25, 0.3) is 0 Å². The molecule has 0 aliphatic heterocycles. The highest BCUT2D eigenvalue weighted by Gasteiger charge is 2.14. The van der Waals surface area contributed by atoms with Crippen molar-refractivity contribution in [3.63, 3.8) is 0 Å². The molecule has 0 radical (unpaired) electrons. The van der Waals surface area contributed by atoms with Gasteiger partial charge in [-0.3, -0.25) is 9.59 Å². The summed E-state index contributed by atoms with van der Waals surface area (Å²) in [6.45, 7) is 6.37. The van der Waals surface area contributed by atoms with Crippen molar-refractivity contribution >= 4 is 11.9 Å². The van der Waals surface area contributed by atoms with Gasteiger partial charge in [0, 0.05) is 12.8 Å². The molecule has 0 aliphatic carbocycles. The van der Waals surface area contributed by atoms with Gasteiger partial charge in [-0.2, -0.15) is 0 Å². The summed E-state index contributed by atoms with van der Waals surface area (Å²) in [5, 5.41) is 30.1. The summed E-state index contributed by atoms with van der Waals surface area (Å²) in [5.41, 5.74) is 0. The first-order valence-electron chi connectivity index (χ1n) is 16.8. The number of rotatable bonds is 29. The van der Waals surface area contributed by atoms with Gasteiger partial charge in [0.05, 0.1) is 12.2 Å². The maximum atomic E-state index is 11.9. The van der Waals surface area contributed by atoms with E-state index >= 15 is 0 Å². The molecule has 7 nitrogen and oxygen atoms in total. The third-order valence-electron chi connectivity index (χ3n) is 7.38. The molecule has 0 fully saturated rings. The molecule has 0 bridgehead atoms. The minimum absolute atomic E-state index is 0.155. The summed E-state index contributed by atoms with van der Waals surface area (Å²) in [6.07, 6.45) is 21.6. The number of carbonyl (C=O) groups excluding carboxylic acids is 2. The van der Waals surface area contributed by atoms with Crippen LogP contribution in [0.1, 0.15) is 156 Å². The molecule has 3 N–H and O–H groups in total. The Morgan fingerprint density at radius 1 is 0.610 bits per heavy atom. The zero-order valence-corrected chi connectivity index (χ0v) is 26.7. The molecular formula is C34H64O7. The largest absolute Gasteiger partial charge is 0.463 e. The van der Waals surface area contributed by atoms with Crippen LogP contribution in [0.3, 0.4) is 0 Å². The van der Waals surface area contributed by atoms with Gasteiger partial charge in [-0.25, -0.2) is 0 Å². The van der Waals surface area contributed by atoms with Gasteiger partial charge in [-0.1, -0.05) is 116 Å². The molecule has 41 heavy (non-hydrogen) atoms. The number of aliphatic hydroxyl groups excluding tert-OH is 3. The highest BCUT2D eigenvalue weighted by atomic mass is 16.6. The van der Waals surface area contributed by atoms with Gasteiger partial charge in [0.2, 0.25) is 0 Å². The molecule has 0 aromatic rings. The van der Waals surface area contributed by atoms with Gasteiger partial charge in [0.15, 0.2) is 0 Å². The lowest BCUT2D eigenvalue weighted by molar-refractivity contribution is -0.152. The number of carbonyl (C=O) groups is 2. The standard InChI is InChI=1S/C34H64O7/c1-4-5-6-7-13-18-23-31(36)32(37)24-19-14-11-16-21-26-34(39)41-28-30(35)27-40-33(38)25-20-15-10-8-9-12-17-22-29(2)3/h13,18,29-32,35-37H,4-12,14-17,19-28H2,1-3H3/b18-13-/t30-,31-,32-/m1/s1. The summed E-state index contributed by atoms with van der Waals surface area (Å²) in [5.74, 6) is 0.106. The molecule has 0 aliphatic rings. The molecule has 0 amide bonds. The smallest absolute Gasteiger partial charge is 0.305 e. The molecule has 242 valence electrons. The number of allylic oxidation sites excluding steroid dienone is 1. The van der Waals surface area contributed by atoms with Crippen molar-refractivity contribution < 1.29 is 34.4 Å². The van der Waals surface area contributed by atoms with Crippen LogP contribution < -0.4 is 0 Å². The monoisotopic (exact) mass is 584 g/mol. The molecular weight excluding hydrogens is 520 g/mol. The fraction of sp³-hybridized carbons (Fsp3) is 0.882. The number of aliphatic hydroxyl groups is 3. The van der Waals surface area contributed by atoms with Gasteiger partial charge in [0.1, 0.15) is 19.3 Å². The summed E-state index contributed by atoms with van der Waals surface area (Å²) in [7, 11) is 0. The van der Waals surface area contributed by atoms with Gasteiger partial charge < -0.3 is 24.8 Å². The lowest BCUT2D eigenvalue weighted by Gasteiger charge is -2.16. The second kappa shape index (κ2) is 28.7. The van der Waals surface area contributed by atoms with Crippen LogP contribution in [0.15, 0.2) is 12.2 Å². The van der Waals surface area contributed by atoms with E-state index < -0.39 is 18.3 Å². The molecule has 0 heterocycles. The first kappa shape index (κ1) is 39.6. The summed E-state index contributed by atoms with van der Waals surface area (Å²) < 4.78 is 10.2. The number of hydrogen-bond donors (Lipinski definition) is 3. The van der Waals surface area contributed by atoms with Crippen LogP contribution in [-0.2, 0) is 19.1 Å². The Kier molecular flexibility index (Phi) is 27.7. The maximum Gasteiger partial charge on any atom is 0.305 e. The molecule has 0 saturated heterocycles. The van der Waals surface area contributed by atoms with Crippen molar-refractivity contribution in [3.05, 3.63) is 12.2 Å². The van der Waals surface area contributed by atoms with E-state index in [1.54, 1.807) is 0 Å². The van der Waals surface area contributed by atoms with Crippen LogP contribution in [0.25, 0.3) is 0 Å². The van der Waals surface area contributed by atoms with Crippen molar-refractivity contribution in [1.82, 2.24) is 0 Å². The highest BCUT2D eigenvalue weighted by molar-refractivity contribution is 5.69. The Balaban J connectivity index is 3.60. The topological polar surface area (TPSA) is 113 Å². The van der Waals surface area contributed by atoms with E-state index in [1.807, 2.05) is 6.08 Å². The second-order valence-electron chi connectivity index (χ2n) is 12.1. The maximum absolute atomic E-state index is 11.9. The van der Waals surface area contributed by atoms with E-state index in [-0.39, 0.29) is 31.6 Å². The molecule has 0 aromatic carbocycles. The minimum atomic E-state index is -1.01. The van der Waals surface area contributed by atoms with E-state index in [1.165, 1.54) is 51.4 Å². The van der Waals surface area contributed by atoms with Crippen molar-refractivity contribution in [1.29, 1.82) is 0 Å². The predicted octanol–water partition coefficient (Wildman–Crippen LogP) is 7.58. The average Bonchev–Trinajstić information content (AvgIpc) is 2.94. The fourth-order valence-electron chi connectivity index (χ4n) is 4.64. The molecule has 0 aromatic heterocycles. The van der Waals surface area contributed by atoms with Gasteiger partial charge in [-0.15, -0.1) is 0 Å². The van der Waals surface area contributed by atoms with Crippen LogP contribution >= 0.6 is 0 Å². The van der Waals surface area contributed by atoms with Gasteiger partial charge in [-0.05, 0) is 44.4 Å². The number of unbranched alkanes of at least 4 members (excludes halogenated alkanes) is 13. The highest BCUT2D eigenvalue weighted by Crippen LogP contribution is 2.14. The van der Waals surface area contributed by atoms with Gasteiger partial charge >= 0.3 is 11.9 Å². The summed E-state index contributed by atoms with van der Waals surface area (Å²) in [4.78, 5) is 23.8. The Labute approximate surface area is 251 Å². The van der Waals surface area contributed by atoms with Crippen LogP contribution in [0.5, 0.6) is 0 Å². The van der Waals surface area contributed by atoms with E-state index in [0.717, 1.165) is 57.3 Å². The van der Waals surface area contributed by atoms with Crippen LogP contribution in [0, 0.1) is 5.92 Å². The number of esters is 2. The van der Waals surface area contributed by atoms with Crippen LogP contribution in [0.4, 0.5) is 0 Å². The lowest BCUT2D eigenvalue weighted by Crippen LogP contribution is -2.25. The Hall–Kier alpha value is -1.44. The zero-order valence-electron chi connectivity index (χ0n) is 26.7. The summed E-state index contributed by atoms with van der Waals surface area (Å²) >= 11 is 0. The lowest BCUT2D eigenvalue weighted by atomic mass is 10.0. The van der Waals surface area contributed by atoms with Crippen molar-refractivity contribution in [2.75, 3.05) is 13.2 Å². The van der Waals surface area contributed by atoms with E-state index in [2.05, 4.69) is 26.8 Å². The molecule has 3 atom stereocenters. The predicted molar refractivity (Wildman–Crippen MR) is 167 cm³/mol. The van der Waals surface area contributed by atoms with E-state index in [0.29, 0.717) is 25.7 Å². The third-order valence-corrected chi connectivity index (χ3v) is 7.38. The number of ether oxygens (including phenoxy) is 2. The van der Waals surface area contributed by atoms with E-state index in [4.69, 9.17) is 9.47 Å². The third kappa shape index (κ3) is 28.5. The first-order valence-corrected chi connectivity index (χ1v) is 16.8. The summed E-state index contributed by atoms with van der Waals surface area (Å²) in [6, 6.07) is 0. The fourth-order valence-corrected chi connectivity index (χ4v) is 4.64. The Morgan fingerprint density at radius 3 is 1.61 bits per heavy atom. The zero-order chi connectivity index (χ0) is 30.6. The van der Waals surface area contributed by atoms with E-state index in [9.17, 15) is 24.9 Å². The number of hydrogen-bond acceptors (Lipinski definition) is 7. The van der Waals surface area contributed by atoms with Crippen molar-refractivity contribution in [2.24, 2.45) is 5.92 Å². The molecule has 7 heteroatoms. The Bertz CT molecular complexity index is 635. The van der Waals surface area contributed by atoms with Crippen molar-refractivity contribution in [2.45, 2.75) is 174 Å². The molecule has 0 spiro atoms. The minimum Gasteiger partial charge on any atom is -0.463 e. The molecule has 0 saturated carbocycles. The van der Waals surface area contributed by atoms with Crippen molar-refractivity contribution in [3.8, 4) is 0 Å². The van der Waals surface area contributed by atoms with Crippen LogP contribution in [0.2, 0.25) is 0 Å². The average molecular weight is 585 g/mol. The SMILES string of the molecule is CCCCC/C=C\C[C@@H](O)[C@H](O)CCCCCCCC(=O)OC[C@H](O)COC(=O)CCCCCCCCCC(C)C. The Morgan fingerprint density at radius 2 is 1.10 bits per heavy atom. The molecule has 0 unspecified atom stereocenters. The second-order valence-corrected chi connectivity index (χ2v) is 12.1. The quantitative estimate of drug-likeness (QED) is 0.0472. The first-order chi connectivity index (χ1) is 19.8. The normalized spacial score (nSPS) is 13.9.